The number of benzene rings is 1. The first kappa shape index (κ1) is 24.8. The fourth-order valence-corrected chi connectivity index (χ4v) is 3.71. The maximum Gasteiger partial charge on any atom is 0.191 e. The van der Waals surface area contributed by atoms with E-state index in [4.69, 9.17) is 0 Å². The van der Waals surface area contributed by atoms with Gasteiger partial charge >= 0.3 is 0 Å². The molecule has 1 heterocycles. The van der Waals surface area contributed by atoms with E-state index in [1.165, 1.54) is 5.56 Å². The zero-order valence-electron chi connectivity index (χ0n) is 17.7. The number of rotatable bonds is 8. The van der Waals surface area contributed by atoms with Gasteiger partial charge in [0.1, 0.15) is 5.01 Å². The molecule has 1 aromatic heterocycles. The maximum absolute atomic E-state index is 4.66. The Kier molecular flexibility index (Phi) is 10.4. The Bertz CT molecular complexity index is 727. The van der Waals surface area contributed by atoms with E-state index in [0.29, 0.717) is 12.5 Å². The Morgan fingerprint density at radius 1 is 1.14 bits per heavy atom. The van der Waals surface area contributed by atoms with Gasteiger partial charge in [-0.1, -0.05) is 44.2 Å². The van der Waals surface area contributed by atoms with Crippen molar-refractivity contribution in [1.82, 2.24) is 20.9 Å². The highest BCUT2D eigenvalue weighted by Crippen LogP contribution is 2.18. The molecule has 5 nitrogen and oxygen atoms in total. The van der Waals surface area contributed by atoms with Gasteiger partial charge in [-0.05, 0) is 32.3 Å². The largest absolute Gasteiger partial charge is 0.355 e. The first-order valence-electron chi connectivity index (χ1n) is 9.52. The molecule has 0 aliphatic rings. The highest BCUT2D eigenvalue weighted by atomic mass is 127. The van der Waals surface area contributed by atoms with Crippen LogP contribution in [0.25, 0.3) is 0 Å². The first-order chi connectivity index (χ1) is 12.8. The van der Waals surface area contributed by atoms with Crippen LogP contribution in [0.4, 0.5) is 0 Å². The van der Waals surface area contributed by atoms with Crippen molar-refractivity contribution < 1.29 is 0 Å². The van der Waals surface area contributed by atoms with Crippen LogP contribution in [0.15, 0.2) is 40.7 Å². The summed E-state index contributed by atoms with van der Waals surface area (Å²) in [5.41, 5.74) is 2.36. The van der Waals surface area contributed by atoms with Crippen LogP contribution in [0.1, 0.15) is 62.8 Å². The Morgan fingerprint density at radius 2 is 1.82 bits per heavy atom. The zero-order valence-corrected chi connectivity index (χ0v) is 20.9. The highest BCUT2D eigenvalue weighted by molar-refractivity contribution is 14.0. The summed E-state index contributed by atoms with van der Waals surface area (Å²) >= 11 is 1.69. The van der Waals surface area contributed by atoms with Crippen LogP contribution in [0, 0.1) is 0 Å². The Labute approximate surface area is 190 Å². The number of hydrogen-bond acceptors (Lipinski definition) is 4. The Balaban J connectivity index is 0.00000392. The summed E-state index contributed by atoms with van der Waals surface area (Å²) in [7, 11) is 1.80. The lowest BCUT2D eigenvalue weighted by Gasteiger charge is -2.31. The number of thiazole rings is 1. The second-order valence-corrected chi connectivity index (χ2v) is 8.70. The highest BCUT2D eigenvalue weighted by Gasteiger charge is 2.21. The third kappa shape index (κ3) is 8.05. The summed E-state index contributed by atoms with van der Waals surface area (Å²) in [4.78, 5) is 8.99. The average Bonchev–Trinajstić information content (AvgIpc) is 3.11. The van der Waals surface area contributed by atoms with Crippen molar-refractivity contribution >= 4 is 41.3 Å². The molecule has 0 aliphatic heterocycles. The van der Waals surface area contributed by atoms with E-state index in [1.807, 2.05) is 6.07 Å². The molecule has 2 aromatic rings. The number of halogens is 1. The summed E-state index contributed by atoms with van der Waals surface area (Å²) in [5.74, 6) is 1.25. The molecule has 0 bridgehead atoms. The summed E-state index contributed by atoms with van der Waals surface area (Å²) in [6.07, 6.45) is 0. The quantitative estimate of drug-likeness (QED) is 0.272. The predicted octanol–water partition coefficient (Wildman–Crippen LogP) is 4.68. The van der Waals surface area contributed by atoms with Gasteiger partial charge < -0.3 is 16.0 Å². The predicted molar refractivity (Wildman–Crippen MR) is 132 cm³/mol. The zero-order chi connectivity index (χ0) is 19.9. The van der Waals surface area contributed by atoms with Crippen LogP contribution in [-0.4, -0.2) is 30.1 Å². The van der Waals surface area contributed by atoms with Gasteiger partial charge in [0, 0.05) is 30.6 Å². The van der Waals surface area contributed by atoms with E-state index in [9.17, 15) is 0 Å². The van der Waals surface area contributed by atoms with Gasteiger partial charge in [0.15, 0.2) is 5.96 Å². The number of nitrogens with zero attached hydrogens (tertiary/aromatic N) is 2. The van der Waals surface area contributed by atoms with Gasteiger partial charge in [-0.25, -0.2) is 4.98 Å². The lowest BCUT2D eigenvalue weighted by atomic mass is 10.0. The lowest BCUT2D eigenvalue weighted by Crippen LogP contribution is -2.52. The van der Waals surface area contributed by atoms with E-state index < -0.39 is 0 Å². The second kappa shape index (κ2) is 11.7. The monoisotopic (exact) mass is 515 g/mol. The molecule has 28 heavy (non-hydrogen) atoms. The minimum absolute atomic E-state index is 0. The average molecular weight is 516 g/mol. The molecule has 0 saturated heterocycles. The molecule has 0 fully saturated rings. The minimum atomic E-state index is -0.0845. The van der Waals surface area contributed by atoms with Crippen LogP contribution in [0.3, 0.4) is 0 Å². The van der Waals surface area contributed by atoms with E-state index in [1.54, 1.807) is 18.4 Å². The topological polar surface area (TPSA) is 61.3 Å². The molecular weight excluding hydrogens is 481 g/mol. The van der Waals surface area contributed by atoms with Crippen molar-refractivity contribution in [3.05, 3.63) is 52.0 Å². The van der Waals surface area contributed by atoms with E-state index in [-0.39, 0.29) is 35.6 Å². The fourth-order valence-electron chi connectivity index (χ4n) is 2.82. The standard InChI is InChI=1S/C21H33N5S.HI/c1-15(2)18-13-27-19(25-18)12-23-20(22-6)24-14-21(4,5)26-16(3)17-10-8-7-9-11-17;/h7-11,13,15-16,26H,12,14H2,1-6H3,(H2,22,23,24);1H. The molecule has 2 rings (SSSR count). The van der Waals surface area contributed by atoms with Crippen LogP contribution >= 0.6 is 35.3 Å². The van der Waals surface area contributed by atoms with Crippen molar-refractivity contribution in [3.63, 3.8) is 0 Å². The SMILES string of the molecule is CN=C(NCc1nc(C(C)C)cs1)NCC(C)(C)NC(C)c1ccccc1.I. The molecular formula is C21H34IN5S. The number of aliphatic imine (C=N–C) groups is 1. The number of guanidine groups is 1. The van der Waals surface area contributed by atoms with Gasteiger partial charge in [0.25, 0.3) is 0 Å². The molecule has 7 heteroatoms. The van der Waals surface area contributed by atoms with Crippen molar-refractivity contribution in [1.29, 1.82) is 0 Å². The third-order valence-corrected chi connectivity index (χ3v) is 5.26. The van der Waals surface area contributed by atoms with Crippen LogP contribution in [0.2, 0.25) is 0 Å². The third-order valence-electron chi connectivity index (χ3n) is 4.40. The van der Waals surface area contributed by atoms with Crippen LogP contribution in [0.5, 0.6) is 0 Å². The van der Waals surface area contributed by atoms with Crippen LogP contribution < -0.4 is 16.0 Å². The first-order valence-corrected chi connectivity index (χ1v) is 10.4. The second-order valence-electron chi connectivity index (χ2n) is 7.76. The molecule has 3 N–H and O–H groups in total. The number of hydrogen-bond donors (Lipinski definition) is 3. The van der Waals surface area contributed by atoms with Crippen LogP contribution in [-0.2, 0) is 6.54 Å². The molecule has 0 saturated carbocycles. The van der Waals surface area contributed by atoms with Crippen molar-refractivity contribution in [2.75, 3.05) is 13.6 Å². The molecule has 0 spiro atoms. The van der Waals surface area contributed by atoms with E-state index in [0.717, 1.165) is 23.2 Å². The minimum Gasteiger partial charge on any atom is -0.355 e. The van der Waals surface area contributed by atoms with Gasteiger partial charge in [0.05, 0.1) is 12.2 Å². The molecule has 1 aromatic carbocycles. The van der Waals surface area contributed by atoms with Gasteiger partial charge in [-0.15, -0.1) is 35.3 Å². The number of aromatic nitrogens is 1. The van der Waals surface area contributed by atoms with Crippen molar-refractivity contribution in [2.45, 2.75) is 58.7 Å². The van der Waals surface area contributed by atoms with Gasteiger partial charge in [-0.3, -0.25) is 4.99 Å². The summed E-state index contributed by atoms with van der Waals surface area (Å²) in [6, 6.07) is 10.8. The van der Waals surface area contributed by atoms with Crippen molar-refractivity contribution in [3.8, 4) is 0 Å². The number of nitrogens with one attached hydrogen (secondary N) is 3. The summed E-state index contributed by atoms with van der Waals surface area (Å²) in [6.45, 7) is 12.4. The van der Waals surface area contributed by atoms with Gasteiger partial charge in [0.2, 0.25) is 0 Å². The molecule has 1 atom stereocenters. The molecule has 0 radical (unpaired) electrons. The van der Waals surface area contributed by atoms with Crippen molar-refractivity contribution in [2.24, 2.45) is 4.99 Å². The lowest BCUT2D eigenvalue weighted by molar-refractivity contribution is 0.345. The normalized spacial score (nSPS) is 13.2. The summed E-state index contributed by atoms with van der Waals surface area (Å²) in [5, 5.41) is 13.7. The van der Waals surface area contributed by atoms with Gasteiger partial charge in [-0.2, -0.15) is 0 Å². The van der Waals surface area contributed by atoms with E-state index >= 15 is 0 Å². The maximum atomic E-state index is 4.66. The fraction of sp³-hybridized carbons (Fsp3) is 0.524. The van der Waals surface area contributed by atoms with E-state index in [2.05, 4.69) is 90.2 Å². The molecule has 156 valence electrons. The molecule has 1 unspecified atom stereocenters. The molecule has 0 amide bonds. The molecule has 0 aliphatic carbocycles. The summed E-state index contributed by atoms with van der Waals surface area (Å²) < 4.78 is 0. The Morgan fingerprint density at radius 3 is 2.39 bits per heavy atom. The smallest absolute Gasteiger partial charge is 0.191 e. The Hall–Kier alpha value is -1.19.